The van der Waals surface area contributed by atoms with Crippen molar-refractivity contribution in [2.75, 3.05) is 6.61 Å². The number of ether oxygens (including phenoxy) is 1. The Morgan fingerprint density at radius 1 is 1.19 bits per heavy atom. The van der Waals surface area contributed by atoms with Gasteiger partial charge in [0.25, 0.3) is 11.8 Å². The van der Waals surface area contributed by atoms with Crippen molar-refractivity contribution in [2.45, 2.75) is 46.7 Å². The van der Waals surface area contributed by atoms with Crippen LogP contribution >= 0.6 is 0 Å². The highest BCUT2D eigenvalue weighted by Gasteiger charge is 2.21. The summed E-state index contributed by atoms with van der Waals surface area (Å²) < 4.78 is 5.53. The minimum atomic E-state index is -0.568. The summed E-state index contributed by atoms with van der Waals surface area (Å²) in [6, 6.07) is 5.29. The van der Waals surface area contributed by atoms with Crippen molar-refractivity contribution in [2.24, 2.45) is 5.73 Å². The molecule has 21 heavy (non-hydrogen) atoms. The van der Waals surface area contributed by atoms with Crippen LogP contribution in [0.1, 0.15) is 43.6 Å². The molecular formula is C16H24N2O3. The van der Waals surface area contributed by atoms with E-state index < -0.39 is 5.91 Å². The molecule has 1 aromatic carbocycles. The Kier molecular flexibility index (Phi) is 5.76. The van der Waals surface area contributed by atoms with E-state index in [9.17, 15) is 9.59 Å². The third-order valence-corrected chi connectivity index (χ3v) is 3.15. The van der Waals surface area contributed by atoms with Crippen LogP contribution in [0.5, 0.6) is 5.75 Å². The Morgan fingerprint density at radius 3 is 2.24 bits per heavy atom. The van der Waals surface area contributed by atoms with Crippen molar-refractivity contribution in [1.82, 2.24) is 4.90 Å². The van der Waals surface area contributed by atoms with Crippen molar-refractivity contribution in [3.63, 3.8) is 0 Å². The Bertz CT molecular complexity index is 516. The van der Waals surface area contributed by atoms with E-state index in [1.807, 2.05) is 34.6 Å². The van der Waals surface area contributed by atoms with Gasteiger partial charge in [0.15, 0.2) is 6.61 Å². The van der Waals surface area contributed by atoms with Crippen molar-refractivity contribution < 1.29 is 14.3 Å². The maximum absolute atomic E-state index is 12.3. The Morgan fingerprint density at radius 2 is 1.76 bits per heavy atom. The molecule has 1 aromatic rings. The van der Waals surface area contributed by atoms with Crippen molar-refractivity contribution in [3.8, 4) is 5.75 Å². The number of nitrogens with zero attached hydrogens (tertiary/aromatic N) is 1. The van der Waals surface area contributed by atoms with E-state index in [0.717, 1.165) is 5.56 Å². The molecule has 0 saturated heterocycles. The molecule has 0 heterocycles. The summed E-state index contributed by atoms with van der Waals surface area (Å²) in [4.78, 5) is 25.4. The molecule has 116 valence electrons. The largest absolute Gasteiger partial charge is 0.483 e. The van der Waals surface area contributed by atoms with E-state index in [1.54, 1.807) is 23.1 Å². The molecule has 0 aromatic heterocycles. The first-order chi connectivity index (χ1) is 9.73. The number of rotatable bonds is 6. The van der Waals surface area contributed by atoms with Crippen LogP contribution in [-0.4, -0.2) is 35.4 Å². The van der Waals surface area contributed by atoms with Gasteiger partial charge in [0.05, 0.1) is 5.56 Å². The predicted molar refractivity (Wildman–Crippen MR) is 82.3 cm³/mol. The topological polar surface area (TPSA) is 72.6 Å². The molecule has 0 saturated carbocycles. The monoisotopic (exact) mass is 292 g/mol. The standard InChI is InChI=1S/C16H24N2O3/c1-10(2)18(11(3)4)15(19)9-21-14-8-12(5)6-7-13(14)16(17)20/h6-8,10-11H,9H2,1-5H3,(H2,17,20). The number of carbonyl (C=O) groups excluding carboxylic acids is 2. The molecule has 0 aliphatic rings. The van der Waals surface area contributed by atoms with Gasteiger partial charge in [0.2, 0.25) is 0 Å². The average molecular weight is 292 g/mol. The summed E-state index contributed by atoms with van der Waals surface area (Å²) in [5.74, 6) is -0.331. The summed E-state index contributed by atoms with van der Waals surface area (Å²) >= 11 is 0. The number of hydrogen-bond acceptors (Lipinski definition) is 3. The van der Waals surface area contributed by atoms with Crippen LogP contribution in [0.25, 0.3) is 0 Å². The van der Waals surface area contributed by atoms with Crippen LogP contribution < -0.4 is 10.5 Å². The van der Waals surface area contributed by atoms with Gasteiger partial charge in [-0.3, -0.25) is 9.59 Å². The lowest BCUT2D eigenvalue weighted by Gasteiger charge is -2.30. The number of hydrogen-bond donors (Lipinski definition) is 1. The number of benzene rings is 1. The van der Waals surface area contributed by atoms with Crippen molar-refractivity contribution >= 4 is 11.8 Å². The third-order valence-electron chi connectivity index (χ3n) is 3.15. The highest BCUT2D eigenvalue weighted by atomic mass is 16.5. The van der Waals surface area contributed by atoms with Gasteiger partial charge in [-0.05, 0) is 52.3 Å². The highest BCUT2D eigenvalue weighted by Crippen LogP contribution is 2.20. The summed E-state index contributed by atoms with van der Waals surface area (Å²) in [7, 11) is 0. The molecule has 2 N–H and O–H groups in total. The number of nitrogens with two attached hydrogens (primary N) is 1. The van der Waals surface area contributed by atoms with Gasteiger partial charge in [-0.2, -0.15) is 0 Å². The second-order valence-electron chi connectivity index (χ2n) is 5.64. The molecule has 0 fully saturated rings. The van der Waals surface area contributed by atoms with Gasteiger partial charge >= 0.3 is 0 Å². The molecule has 0 unspecified atom stereocenters. The lowest BCUT2D eigenvalue weighted by atomic mass is 10.1. The normalized spacial score (nSPS) is 10.8. The van der Waals surface area contributed by atoms with Crippen molar-refractivity contribution in [1.29, 1.82) is 0 Å². The van der Waals surface area contributed by atoms with E-state index in [1.165, 1.54) is 0 Å². The van der Waals surface area contributed by atoms with Gasteiger partial charge < -0.3 is 15.4 Å². The van der Waals surface area contributed by atoms with E-state index in [2.05, 4.69) is 0 Å². The number of aryl methyl sites for hydroxylation is 1. The Balaban J connectivity index is 2.86. The minimum Gasteiger partial charge on any atom is -0.483 e. The van der Waals surface area contributed by atoms with E-state index in [-0.39, 0.29) is 30.2 Å². The summed E-state index contributed by atoms with van der Waals surface area (Å²) in [5.41, 5.74) is 6.54. The molecule has 2 amide bonds. The van der Waals surface area contributed by atoms with E-state index in [0.29, 0.717) is 5.75 Å². The van der Waals surface area contributed by atoms with E-state index >= 15 is 0 Å². The van der Waals surface area contributed by atoms with Crippen LogP contribution in [0.3, 0.4) is 0 Å². The van der Waals surface area contributed by atoms with Gasteiger partial charge in [-0.25, -0.2) is 0 Å². The summed E-state index contributed by atoms with van der Waals surface area (Å²) in [6.45, 7) is 9.60. The van der Waals surface area contributed by atoms with Gasteiger partial charge in [-0.1, -0.05) is 6.07 Å². The fourth-order valence-electron chi connectivity index (χ4n) is 2.34. The average Bonchev–Trinajstić information content (AvgIpc) is 2.35. The SMILES string of the molecule is Cc1ccc(C(N)=O)c(OCC(=O)N(C(C)C)C(C)C)c1. The third kappa shape index (κ3) is 4.48. The molecule has 0 spiro atoms. The molecular weight excluding hydrogens is 268 g/mol. The zero-order chi connectivity index (χ0) is 16.2. The van der Waals surface area contributed by atoms with Crippen LogP contribution in [0.15, 0.2) is 18.2 Å². The maximum Gasteiger partial charge on any atom is 0.260 e. The molecule has 0 aliphatic carbocycles. The quantitative estimate of drug-likeness (QED) is 0.873. The Labute approximate surface area is 126 Å². The van der Waals surface area contributed by atoms with Gasteiger partial charge in [-0.15, -0.1) is 0 Å². The van der Waals surface area contributed by atoms with Crippen molar-refractivity contribution in [3.05, 3.63) is 29.3 Å². The first kappa shape index (κ1) is 17.0. The van der Waals surface area contributed by atoms with Crippen LogP contribution in [0.4, 0.5) is 0 Å². The lowest BCUT2D eigenvalue weighted by molar-refractivity contribution is -0.137. The number of carbonyl (C=O) groups is 2. The molecule has 0 bridgehead atoms. The fourth-order valence-corrected chi connectivity index (χ4v) is 2.34. The Hall–Kier alpha value is -2.04. The van der Waals surface area contributed by atoms with Crippen LogP contribution in [0.2, 0.25) is 0 Å². The van der Waals surface area contributed by atoms with E-state index in [4.69, 9.17) is 10.5 Å². The minimum absolute atomic E-state index is 0.0919. The fraction of sp³-hybridized carbons (Fsp3) is 0.500. The smallest absolute Gasteiger partial charge is 0.260 e. The van der Waals surface area contributed by atoms with Crippen LogP contribution in [-0.2, 0) is 4.79 Å². The zero-order valence-corrected chi connectivity index (χ0v) is 13.3. The highest BCUT2D eigenvalue weighted by molar-refractivity contribution is 5.95. The molecule has 5 heteroatoms. The van der Waals surface area contributed by atoms with Crippen LogP contribution in [0, 0.1) is 6.92 Å². The first-order valence-corrected chi connectivity index (χ1v) is 7.08. The molecule has 1 rings (SSSR count). The van der Waals surface area contributed by atoms with Gasteiger partial charge in [0, 0.05) is 12.1 Å². The van der Waals surface area contributed by atoms with Gasteiger partial charge in [0.1, 0.15) is 5.75 Å². The summed E-state index contributed by atoms with van der Waals surface area (Å²) in [6.07, 6.45) is 0. The predicted octanol–water partition coefficient (Wildman–Crippen LogP) is 2.12. The second kappa shape index (κ2) is 7.11. The second-order valence-corrected chi connectivity index (χ2v) is 5.64. The lowest BCUT2D eigenvalue weighted by Crippen LogP contribution is -2.44. The first-order valence-electron chi connectivity index (χ1n) is 7.08. The summed E-state index contributed by atoms with van der Waals surface area (Å²) in [5, 5.41) is 0. The number of amides is 2. The molecule has 0 atom stereocenters. The molecule has 5 nitrogen and oxygen atoms in total. The zero-order valence-electron chi connectivity index (χ0n) is 13.3. The molecule has 0 aliphatic heterocycles. The molecule has 0 radical (unpaired) electrons. The maximum atomic E-state index is 12.3. The number of primary amides is 1.